The van der Waals surface area contributed by atoms with Crippen molar-refractivity contribution in [2.45, 2.75) is 25.8 Å². The van der Waals surface area contributed by atoms with E-state index in [0.717, 1.165) is 19.5 Å². The number of aromatic nitrogens is 3. The van der Waals surface area contributed by atoms with Gasteiger partial charge < -0.3 is 5.32 Å². The number of hydrogen-bond acceptors (Lipinski definition) is 3. The lowest BCUT2D eigenvalue weighted by Crippen LogP contribution is -2.26. The molecule has 3 heterocycles. The highest BCUT2D eigenvalue weighted by Gasteiger charge is 2.21. The van der Waals surface area contributed by atoms with E-state index in [1.165, 1.54) is 16.9 Å². The molecule has 0 saturated carbocycles. The molecule has 0 radical (unpaired) electrons. The molecule has 0 bridgehead atoms. The lowest BCUT2D eigenvalue weighted by Gasteiger charge is -2.25. The van der Waals surface area contributed by atoms with Crippen LogP contribution >= 0.6 is 0 Å². The Kier molecular flexibility index (Phi) is 2.55. The first-order valence-electron chi connectivity index (χ1n) is 6.07. The van der Waals surface area contributed by atoms with Crippen molar-refractivity contribution in [1.82, 2.24) is 14.8 Å². The molecule has 1 atom stereocenters. The van der Waals surface area contributed by atoms with E-state index in [0.29, 0.717) is 5.92 Å². The second kappa shape index (κ2) is 4.20. The van der Waals surface area contributed by atoms with Crippen molar-refractivity contribution in [2.75, 3.05) is 11.9 Å². The standard InChI is InChI=1S/C13H16N4/c1-2-10-8-16-17-9-12(7-15-13(10)17)11-3-5-14-6-4-11/h3-6,8,12,15H,2,7,9H2,1H3. The van der Waals surface area contributed by atoms with E-state index in [1.54, 1.807) is 0 Å². The SMILES string of the molecule is CCc1cnn2c1NCC(c1ccncc1)C2. The molecule has 88 valence electrons. The molecule has 0 fully saturated rings. The molecule has 1 aliphatic rings. The number of rotatable bonds is 2. The molecule has 3 rings (SSSR count). The van der Waals surface area contributed by atoms with Crippen LogP contribution in [0.2, 0.25) is 0 Å². The summed E-state index contributed by atoms with van der Waals surface area (Å²) in [5, 5.41) is 7.93. The summed E-state index contributed by atoms with van der Waals surface area (Å²) in [6, 6.07) is 4.17. The molecular weight excluding hydrogens is 212 g/mol. The van der Waals surface area contributed by atoms with Gasteiger partial charge in [-0.05, 0) is 24.1 Å². The van der Waals surface area contributed by atoms with Crippen molar-refractivity contribution in [3.05, 3.63) is 41.9 Å². The van der Waals surface area contributed by atoms with Crippen LogP contribution < -0.4 is 5.32 Å². The Hall–Kier alpha value is -1.84. The van der Waals surface area contributed by atoms with Gasteiger partial charge in [0.2, 0.25) is 0 Å². The first-order valence-corrected chi connectivity index (χ1v) is 6.07. The zero-order chi connectivity index (χ0) is 11.7. The van der Waals surface area contributed by atoms with Crippen LogP contribution in [-0.4, -0.2) is 21.3 Å². The Balaban J connectivity index is 1.86. The minimum atomic E-state index is 0.482. The van der Waals surface area contributed by atoms with Gasteiger partial charge in [0.05, 0.1) is 12.7 Å². The number of nitrogens with one attached hydrogen (secondary N) is 1. The van der Waals surface area contributed by atoms with Crippen LogP contribution in [0.25, 0.3) is 0 Å². The number of fused-ring (bicyclic) bond motifs is 1. The molecule has 17 heavy (non-hydrogen) atoms. The van der Waals surface area contributed by atoms with E-state index < -0.39 is 0 Å². The monoisotopic (exact) mass is 228 g/mol. The third-order valence-electron chi connectivity index (χ3n) is 3.38. The van der Waals surface area contributed by atoms with E-state index in [4.69, 9.17) is 0 Å². The maximum atomic E-state index is 4.44. The smallest absolute Gasteiger partial charge is 0.127 e. The molecule has 2 aromatic heterocycles. The van der Waals surface area contributed by atoms with Crippen LogP contribution in [0, 0.1) is 0 Å². The molecule has 4 heteroatoms. The van der Waals surface area contributed by atoms with Gasteiger partial charge in [-0.1, -0.05) is 6.92 Å². The van der Waals surface area contributed by atoms with E-state index in [-0.39, 0.29) is 0 Å². The maximum Gasteiger partial charge on any atom is 0.127 e. The normalized spacial score (nSPS) is 18.5. The molecule has 0 amide bonds. The van der Waals surface area contributed by atoms with Crippen LogP contribution in [-0.2, 0) is 13.0 Å². The zero-order valence-electron chi connectivity index (χ0n) is 9.93. The van der Waals surface area contributed by atoms with Gasteiger partial charge in [0.15, 0.2) is 0 Å². The predicted octanol–water partition coefficient (Wildman–Crippen LogP) is 2.05. The van der Waals surface area contributed by atoms with E-state index in [9.17, 15) is 0 Å². The third-order valence-corrected chi connectivity index (χ3v) is 3.38. The maximum absolute atomic E-state index is 4.44. The summed E-state index contributed by atoms with van der Waals surface area (Å²) in [5.41, 5.74) is 2.63. The zero-order valence-corrected chi connectivity index (χ0v) is 9.93. The molecule has 0 saturated heterocycles. The number of nitrogens with zero attached hydrogens (tertiary/aromatic N) is 3. The van der Waals surface area contributed by atoms with Crippen LogP contribution in [0.1, 0.15) is 24.0 Å². The van der Waals surface area contributed by atoms with Crippen molar-refractivity contribution in [2.24, 2.45) is 0 Å². The lowest BCUT2D eigenvalue weighted by atomic mass is 9.99. The van der Waals surface area contributed by atoms with Gasteiger partial charge in [0.25, 0.3) is 0 Å². The molecule has 1 unspecified atom stereocenters. The summed E-state index contributed by atoms with van der Waals surface area (Å²) in [4.78, 5) is 4.06. The van der Waals surface area contributed by atoms with E-state index in [2.05, 4.69) is 39.1 Å². The van der Waals surface area contributed by atoms with Gasteiger partial charge in [0, 0.05) is 30.4 Å². The highest BCUT2D eigenvalue weighted by molar-refractivity contribution is 5.46. The summed E-state index contributed by atoms with van der Waals surface area (Å²) >= 11 is 0. The van der Waals surface area contributed by atoms with E-state index in [1.807, 2.05) is 18.6 Å². The second-order valence-electron chi connectivity index (χ2n) is 4.41. The van der Waals surface area contributed by atoms with Crippen molar-refractivity contribution in [3.63, 3.8) is 0 Å². The quantitative estimate of drug-likeness (QED) is 0.855. The van der Waals surface area contributed by atoms with Crippen molar-refractivity contribution in [1.29, 1.82) is 0 Å². The fourth-order valence-electron chi connectivity index (χ4n) is 2.38. The fourth-order valence-corrected chi connectivity index (χ4v) is 2.38. The average molecular weight is 228 g/mol. The van der Waals surface area contributed by atoms with Crippen molar-refractivity contribution < 1.29 is 0 Å². The van der Waals surface area contributed by atoms with Gasteiger partial charge in [-0.25, -0.2) is 4.68 Å². The Labute approximate surface area is 101 Å². The van der Waals surface area contributed by atoms with Gasteiger partial charge in [-0.3, -0.25) is 4.98 Å². The molecule has 0 aliphatic carbocycles. The summed E-state index contributed by atoms with van der Waals surface area (Å²) < 4.78 is 2.08. The van der Waals surface area contributed by atoms with Crippen LogP contribution in [0.3, 0.4) is 0 Å². The van der Waals surface area contributed by atoms with E-state index >= 15 is 0 Å². The second-order valence-corrected chi connectivity index (χ2v) is 4.41. The summed E-state index contributed by atoms with van der Waals surface area (Å²) in [7, 11) is 0. The fraction of sp³-hybridized carbons (Fsp3) is 0.385. The summed E-state index contributed by atoms with van der Waals surface area (Å²) in [6.07, 6.45) is 6.70. The minimum absolute atomic E-state index is 0.482. The summed E-state index contributed by atoms with van der Waals surface area (Å²) in [6.45, 7) is 4.09. The van der Waals surface area contributed by atoms with Gasteiger partial charge in [-0.15, -0.1) is 0 Å². The van der Waals surface area contributed by atoms with Gasteiger partial charge >= 0.3 is 0 Å². The Morgan fingerprint density at radius 2 is 2.24 bits per heavy atom. The first kappa shape index (κ1) is 10.3. The number of anilines is 1. The molecule has 4 nitrogen and oxygen atoms in total. The van der Waals surface area contributed by atoms with Gasteiger partial charge in [0.1, 0.15) is 5.82 Å². The molecule has 1 aliphatic heterocycles. The van der Waals surface area contributed by atoms with Crippen LogP contribution in [0.15, 0.2) is 30.7 Å². The number of pyridine rings is 1. The Bertz CT molecular complexity index is 503. The number of aryl methyl sites for hydroxylation is 1. The Morgan fingerprint density at radius 3 is 3.00 bits per heavy atom. The lowest BCUT2D eigenvalue weighted by molar-refractivity contribution is 0.505. The average Bonchev–Trinajstić information content (AvgIpc) is 2.81. The predicted molar refractivity (Wildman–Crippen MR) is 67.1 cm³/mol. The highest BCUT2D eigenvalue weighted by atomic mass is 15.3. The summed E-state index contributed by atoms with van der Waals surface area (Å²) in [5.74, 6) is 1.67. The molecule has 0 spiro atoms. The van der Waals surface area contributed by atoms with Crippen molar-refractivity contribution >= 4 is 5.82 Å². The molecular formula is C13H16N4. The number of hydrogen-bond donors (Lipinski definition) is 1. The first-order chi connectivity index (χ1) is 8.38. The molecule has 2 aromatic rings. The highest BCUT2D eigenvalue weighted by Crippen LogP contribution is 2.27. The van der Waals surface area contributed by atoms with Crippen molar-refractivity contribution in [3.8, 4) is 0 Å². The minimum Gasteiger partial charge on any atom is -0.369 e. The Morgan fingerprint density at radius 1 is 1.41 bits per heavy atom. The van der Waals surface area contributed by atoms with Gasteiger partial charge in [-0.2, -0.15) is 5.10 Å². The van der Waals surface area contributed by atoms with Crippen LogP contribution in [0.4, 0.5) is 5.82 Å². The molecule has 1 N–H and O–H groups in total. The largest absolute Gasteiger partial charge is 0.369 e. The third kappa shape index (κ3) is 1.79. The topological polar surface area (TPSA) is 42.7 Å². The van der Waals surface area contributed by atoms with Crippen LogP contribution in [0.5, 0.6) is 0 Å². The molecule has 0 aromatic carbocycles.